The van der Waals surface area contributed by atoms with Crippen LogP contribution in [0.3, 0.4) is 0 Å². The Morgan fingerprint density at radius 2 is 2.08 bits per heavy atom. The zero-order valence-electron chi connectivity index (χ0n) is 14.4. The van der Waals surface area contributed by atoms with E-state index < -0.39 is 5.41 Å². The van der Waals surface area contributed by atoms with Gasteiger partial charge < -0.3 is 9.64 Å². The maximum absolute atomic E-state index is 13.0. The molecule has 2 fully saturated rings. The lowest BCUT2D eigenvalue weighted by Crippen LogP contribution is -2.57. The van der Waals surface area contributed by atoms with Gasteiger partial charge in [0.1, 0.15) is 0 Å². The van der Waals surface area contributed by atoms with Crippen LogP contribution in [0, 0.1) is 16.7 Å². The molecule has 1 amide bonds. The van der Waals surface area contributed by atoms with Gasteiger partial charge in [0.25, 0.3) is 5.91 Å². The number of carbonyl (C=O) groups is 2. The lowest BCUT2D eigenvalue weighted by atomic mass is 9.48. The molecular formula is C18H22ClNO3S. The van der Waals surface area contributed by atoms with Crippen molar-refractivity contribution < 1.29 is 14.3 Å². The summed E-state index contributed by atoms with van der Waals surface area (Å²) < 4.78 is 5.04. The molecule has 0 radical (unpaired) electrons. The van der Waals surface area contributed by atoms with Gasteiger partial charge in [-0.05, 0) is 42.2 Å². The van der Waals surface area contributed by atoms with E-state index in [2.05, 4.69) is 13.8 Å². The quantitative estimate of drug-likeness (QED) is 0.603. The van der Waals surface area contributed by atoms with Gasteiger partial charge in [0.2, 0.25) is 0 Å². The summed E-state index contributed by atoms with van der Waals surface area (Å²) in [6.07, 6.45) is 2.71. The Balaban J connectivity index is 1.89. The number of esters is 1. The monoisotopic (exact) mass is 367 g/mol. The Hall–Kier alpha value is -1.20. The maximum atomic E-state index is 13.0. The van der Waals surface area contributed by atoms with E-state index >= 15 is 0 Å². The molecule has 6 heteroatoms. The molecule has 24 heavy (non-hydrogen) atoms. The van der Waals surface area contributed by atoms with Crippen LogP contribution in [-0.2, 0) is 9.53 Å². The van der Waals surface area contributed by atoms with Crippen LogP contribution in [0.5, 0.6) is 0 Å². The fourth-order valence-electron chi connectivity index (χ4n) is 4.49. The third-order valence-corrected chi connectivity index (χ3v) is 6.60. The Bertz CT molecular complexity index is 706. The van der Waals surface area contributed by atoms with Crippen LogP contribution < -0.4 is 0 Å². The van der Waals surface area contributed by atoms with Gasteiger partial charge in [-0.3, -0.25) is 9.59 Å². The van der Waals surface area contributed by atoms with E-state index in [1.54, 1.807) is 22.7 Å². The van der Waals surface area contributed by atoms with E-state index in [4.69, 9.17) is 16.3 Å². The summed E-state index contributed by atoms with van der Waals surface area (Å²) in [6.45, 7) is 5.27. The summed E-state index contributed by atoms with van der Waals surface area (Å²) in [5.74, 6) is -0.181. The number of likely N-dealkylation sites (tertiary alicyclic amines) is 1. The van der Waals surface area contributed by atoms with Crippen LogP contribution >= 0.6 is 23.4 Å². The molecule has 1 aliphatic heterocycles. The normalized spacial score (nSPS) is 27.4. The van der Waals surface area contributed by atoms with Gasteiger partial charge in [-0.1, -0.05) is 25.4 Å². The predicted octanol–water partition coefficient (Wildman–Crippen LogP) is 3.72. The first-order valence-corrected chi connectivity index (χ1v) is 9.57. The van der Waals surface area contributed by atoms with Gasteiger partial charge in [-0.2, -0.15) is 0 Å². The number of thioether (sulfide) groups is 1. The molecule has 1 heterocycles. The Morgan fingerprint density at radius 1 is 1.38 bits per heavy atom. The third-order valence-electron chi connectivity index (χ3n) is 5.54. The summed E-state index contributed by atoms with van der Waals surface area (Å²) in [4.78, 5) is 28.1. The summed E-state index contributed by atoms with van der Waals surface area (Å²) in [7, 11) is 1.42. The molecule has 1 aromatic carbocycles. The van der Waals surface area contributed by atoms with Crippen LogP contribution in [0.15, 0.2) is 23.1 Å². The molecule has 0 bridgehead atoms. The summed E-state index contributed by atoms with van der Waals surface area (Å²) >= 11 is 7.82. The highest BCUT2D eigenvalue weighted by atomic mass is 35.5. The van der Waals surface area contributed by atoms with Gasteiger partial charge in [0.05, 0.1) is 23.1 Å². The van der Waals surface area contributed by atoms with Crippen LogP contribution in [-0.4, -0.2) is 43.2 Å². The number of fused-ring (bicyclic) bond motifs is 1. The van der Waals surface area contributed by atoms with Crippen molar-refractivity contribution in [3.8, 4) is 0 Å². The maximum Gasteiger partial charge on any atom is 0.314 e. The molecular weight excluding hydrogens is 346 g/mol. The lowest BCUT2D eigenvalue weighted by Gasteiger charge is -2.54. The van der Waals surface area contributed by atoms with E-state index in [0.717, 1.165) is 11.3 Å². The average molecular weight is 368 g/mol. The smallest absolute Gasteiger partial charge is 0.314 e. The summed E-state index contributed by atoms with van der Waals surface area (Å²) in [6, 6.07) is 5.48. The highest BCUT2D eigenvalue weighted by molar-refractivity contribution is 7.98. The molecule has 1 aliphatic carbocycles. The van der Waals surface area contributed by atoms with Crippen molar-refractivity contribution in [1.82, 2.24) is 4.90 Å². The van der Waals surface area contributed by atoms with E-state index in [1.807, 2.05) is 18.4 Å². The number of carbonyl (C=O) groups excluding carboxylic acids is 2. The SMILES string of the molecule is COC(=O)[C@@]12CN(C(=O)c3cc(SC)ccc3Cl)C[C@@H]1C(C)(C)C2. The van der Waals surface area contributed by atoms with E-state index in [9.17, 15) is 9.59 Å². The molecule has 130 valence electrons. The van der Waals surface area contributed by atoms with E-state index in [0.29, 0.717) is 23.7 Å². The zero-order valence-corrected chi connectivity index (χ0v) is 16.0. The number of halogens is 1. The summed E-state index contributed by atoms with van der Waals surface area (Å²) in [5, 5.41) is 0.448. The Kier molecular flexibility index (Phi) is 4.37. The van der Waals surface area contributed by atoms with Crippen molar-refractivity contribution in [2.75, 3.05) is 26.5 Å². The van der Waals surface area contributed by atoms with Crippen LogP contribution in [0.2, 0.25) is 5.02 Å². The number of benzene rings is 1. The van der Waals surface area contributed by atoms with Crippen molar-refractivity contribution >= 4 is 35.2 Å². The number of ether oxygens (including phenoxy) is 1. The standard InChI is InChI=1S/C18H22ClNO3S/c1-17(2)9-18(16(22)23-3)10-20(8-14(17)18)15(21)12-7-11(24-4)5-6-13(12)19/h5-7,14H,8-10H2,1-4H3/t14-,18+/m1/s1. The number of rotatable bonds is 3. The second-order valence-corrected chi connectivity index (χ2v) is 8.68. The second kappa shape index (κ2) is 5.95. The molecule has 0 aromatic heterocycles. The van der Waals surface area contributed by atoms with Gasteiger partial charge in [0, 0.05) is 18.0 Å². The van der Waals surface area contributed by atoms with Crippen molar-refractivity contribution in [1.29, 1.82) is 0 Å². The topological polar surface area (TPSA) is 46.6 Å². The second-order valence-electron chi connectivity index (χ2n) is 7.40. The molecule has 4 nitrogen and oxygen atoms in total. The first-order chi connectivity index (χ1) is 11.2. The van der Waals surface area contributed by atoms with E-state index in [-0.39, 0.29) is 23.2 Å². The molecule has 0 unspecified atom stereocenters. The van der Waals surface area contributed by atoms with Gasteiger partial charge in [-0.25, -0.2) is 0 Å². The van der Waals surface area contributed by atoms with Gasteiger partial charge in [0.15, 0.2) is 0 Å². The number of amides is 1. The number of methoxy groups -OCH3 is 1. The van der Waals surface area contributed by atoms with Crippen LogP contribution in [0.4, 0.5) is 0 Å². The lowest BCUT2D eigenvalue weighted by molar-refractivity contribution is -0.174. The molecule has 3 rings (SSSR count). The molecule has 1 saturated heterocycles. The number of hydrogen-bond donors (Lipinski definition) is 0. The minimum absolute atomic E-state index is 0.0358. The highest BCUT2D eigenvalue weighted by Gasteiger charge is 2.68. The fourth-order valence-corrected chi connectivity index (χ4v) is 5.13. The first-order valence-electron chi connectivity index (χ1n) is 7.96. The molecule has 1 saturated carbocycles. The molecule has 0 N–H and O–H groups in total. The van der Waals surface area contributed by atoms with Crippen molar-refractivity contribution in [2.24, 2.45) is 16.7 Å². The third kappa shape index (κ3) is 2.53. The molecule has 2 atom stereocenters. The van der Waals surface area contributed by atoms with Crippen molar-refractivity contribution in [3.05, 3.63) is 28.8 Å². The fraction of sp³-hybridized carbons (Fsp3) is 0.556. The van der Waals surface area contributed by atoms with Gasteiger partial charge in [-0.15, -0.1) is 11.8 Å². The van der Waals surface area contributed by atoms with E-state index in [1.165, 1.54) is 7.11 Å². The summed E-state index contributed by atoms with van der Waals surface area (Å²) in [5.41, 5.74) is -0.0197. The van der Waals surface area contributed by atoms with Crippen LogP contribution in [0.1, 0.15) is 30.6 Å². The molecule has 2 aliphatic rings. The van der Waals surface area contributed by atoms with Gasteiger partial charge >= 0.3 is 5.97 Å². The number of hydrogen-bond acceptors (Lipinski definition) is 4. The Labute approximate surface area is 151 Å². The van der Waals surface area contributed by atoms with Crippen molar-refractivity contribution in [3.63, 3.8) is 0 Å². The highest BCUT2D eigenvalue weighted by Crippen LogP contribution is 2.63. The average Bonchev–Trinajstić information content (AvgIpc) is 2.90. The van der Waals surface area contributed by atoms with Crippen molar-refractivity contribution in [2.45, 2.75) is 25.2 Å². The minimum atomic E-state index is -0.558. The molecule has 1 aromatic rings. The zero-order chi connectivity index (χ0) is 17.7. The first kappa shape index (κ1) is 17.6. The predicted molar refractivity (Wildman–Crippen MR) is 95.5 cm³/mol. The largest absolute Gasteiger partial charge is 0.469 e. The molecule has 0 spiro atoms. The number of nitrogens with zero attached hydrogens (tertiary/aromatic N) is 1. The Morgan fingerprint density at radius 3 is 2.67 bits per heavy atom. The minimum Gasteiger partial charge on any atom is -0.469 e. The van der Waals surface area contributed by atoms with Crippen LogP contribution in [0.25, 0.3) is 0 Å².